The lowest BCUT2D eigenvalue weighted by atomic mass is 9.95. The van der Waals surface area contributed by atoms with Crippen LogP contribution in [0.1, 0.15) is 51.8 Å². The highest BCUT2D eigenvalue weighted by Gasteiger charge is 2.37. The van der Waals surface area contributed by atoms with E-state index in [9.17, 15) is 5.11 Å². The topological polar surface area (TPSA) is 38.0 Å². The molecule has 0 saturated carbocycles. The lowest BCUT2D eigenvalue weighted by molar-refractivity contribution is 0.132. The number of aliphatic hydroxyl groups excluding tert-OH is 1. The van der Waals surface area contributed by atoms with E-state index in [1.165, 1.54) is 12.2 Å². The molecule has 18 heavy (non-hydrogen) atoms. The maximum absolute atomic E-state index is 10.4. The van der Waals surface area contributed by atoms with Crippen molar-refractivity contribution in [3.05, 3.63) is 18.0 Å². The van der Waals surface area contributed by atoms with Gasteiger partial charge in [-0.05, 0) is 44.9 Å². The van der Waals surface area contributed by atoms with Crippen molar-refractivity contribution in [1.82, 2.24) is 9.78 Å². The molecule has 0 radical (unpaired) electrons. The molecule has 1 aromatic rings. The van der Waals surface area contributed by atoms with Crippen molar-refractivity contribution in [3.8, 4) is 0 Å². The number of thioether (sulfide) groups is 1. The first-order valence-electron chi connectivity index (χ1n) is 6.91. The molecule has 1 aliphatic heterocycles. The summed E-state index contributed by atoms with van der Waals surface area (Å²) in [6, 6.07) is 2.48. The van der Waals surface area contributed by atoms with Gasteiger partial charge in [0, 0.05) is 23.4 Å². The summed E-state index contributed by atoms with van der Waals surface area (Å²) in [5, 5.41) is 15.0. The Bertz CT molecular complexity index is 385. The molecule has 0 bridgehead atoms. The standard InChI is InChI=1S/C14H24N2OS/c1-4-11(2)16-8-6-12(15-16)10-13(17)14(3)7-5-9-18-14/h6,8,11,13,17H,4-5,7,9-10H2,1-3H3. The van der Waals surface area contributed by atoms with Crippen LogP contribution < -0.4 is 0 Å². The van der Waals surface area contributed by atoms with Gasteiger partial charge in [0.25, 0.3) is 0 Å². The van der Waals surface area contributed by atoms with Crippen LogP contribution in [0.15, 0.2) is 12.3 Å². The highest BCUT2D eigenvalue weighted by molar-refractivity contribution is 8.00. The first-order valence-corrected chi connectivity index (χ1v) is 7.90. The maximum Gasteiger partial charge on any atom is 0.0740 e. The zero-order chi connectivity index (χ0) is 13.2. The second-order valence-electron chi connectivity index (χ2n) is 5.53. The number of hydrogen-bond donors (Lipinski definition) is 1. The Morgan fingerprint density at radius 3 is 3.00 bits per heavy atom. The van der Waals surface area contributed by atoms with Crippen molar-refractivity contribution in [2.45, 2.75) is 63.3 Å². The Morgan fingerprint density at radius 1 is 1.61 bits per heavy atom. The molecule has 102 valence electrons. The predicted octanol–water partition coefficient (Wildman–Crippen LogP) is 3.04. The quantitative estimate of drug-likeness (QED) is 0.892. The summed E-state index contributed by atoms with van der Waals surface area (Å²) in [6.45, 7) is 6.51. The number of rotatable bonds is 5. The van der Waals surface area contributed by atoms with Gasteiger partial charge in [-0.1, -0.05) is 6.92 Å². The van der Waals surface area contributed by atoms with Crippen molar-refractivity contribution in [3.63, 3.8) is 0 Å². The van der Waals surface area contributed by atoms with E-state index in [1.54, 1.807) is 0 Å². The van der Waals surface area contributed by atoms with Crippen molar-refractivity contribution in [2.24, 2.45) is 0 Å². The normalized spacial score (nSPS) is 27.3. The number of aromatic nitrogens is 2. The first-order chi connectivity index (χ1) is 8.55. The SMILES string of the molecule is CCC(C)n1ccc(CC(O)C2(C)CCCS2)n1. The summed E-state index contributed by atoms with van der Waals surface area (Å²) in [6.07, 6.45) is 5.83. The summed E-state index contributed by atoms with van der Waals surface area (Å²) in [7, 11) is 0. The van der Waals surface area contributed by atoms with E-state index in [0.717, 1.165) is 18.5 Å². The summed E-state index contributed by atoms with van der Waals surface area (Å²) in [4.78, 5) is 0. The van der Waals surface area contributed by atoms with Crippen molar-refractivity contribution in [1.29, 1.82) is 0 Å². The summed E-state index contributed by atoms with van der Waals surface area (Å²) >= 11 is 1.91. The molecule has 2 heterocycles. The van der Waals surface area contributed by atoms with Crippen LogP contribution in [-0.2, 0) is 6.42 Å². The fourth-order valence-corrected chi connectivity index (χ4v) is 3.72. The van der Waals surface area contributed by atoms with Crippen molar-refractivity contribution >= 4 is 11.8 Å². The molecular weight excluding hydrogens is 244 g/mol. The predicted molar refractivity (Wildman–Crippen MR) is 77.0 cm³/mol. The van der Waals surface area contributed by atoms with Crippen molar-refractivity contribution in [2.75, 3.05) is 5.75 Å². The van der Waals surface area contributed by atoms with Gasteiger partial charge in [-0.2, -0.15) is 16.9 Å². The molecule has 3 atom stereocenters. The fraction of sp³-hybridized carbons (Fsp3) is 0.786. The molecule has 1 fully saturated rings. The zero-order valence-corrected chi connectivity index (χ0v) is 12.4. The number of aliphatic hydroxyl groups is 1. The molecule has 1 N–H and O–H groups in total. The minimum Gasteiger partial charge on any atom is -0.391 e. The van der Waals surface area contributed by atoms with Gasteiger partial charge in [0.2, 0.25) is 0 Å². The Kier molecular flexibility index (Phi) is 4.38. The van der Waals surface area contributed by atoms with E-state index in [0.29, 0.717) is 12.5 Å². The van der Waals surface area contributed by atoms with Crippen LogP contribution in [0.2, 0.25) is 0 Å². The molecule has 0 aromatic carbocycles. The van der Waals surface area contributed by atoms with E-state index in [2.05, 4.69) is 25.9 Å². The molecule has 1 aliphatic rings. The maximum atomic E-state index is 10.4. The van der Waals surface area contributed by atoms with Gasteiger partial charge in [-0.15, -0.1) is 0 Å². The van der Waals surface area contributed by atoms with E-state index < -0.39 is 0 Å². The summed E-state index contributed by atoms with van der Waals surface area (Å²) in [5.74, 6) is 1.18. The highest BCUT2D eigenvalue weighted by atomic mass is 32.2. The third-order valence-corrected chi connectivity index (χ3v) is 5.69. The van der Waals surface area contributed by atoms with Crippen LogP contribution in [0.5, 0.6) is 0 Å². The van der Waals surface area contributed by atoms with Crippen molar-refractivity contribution < 1.29 is 5.11 Å². The average molecular weight is 268 g/mol. The molecule has 2 rings (SSSR count). The lowest BCUT2D eigenvalue weighted by Crippen LogP contribution is -2.35. The molecule has 1 saturated heterocycles. The highest BCUT2D eigenvalue weighted by Crippen LogP contribution is 2.41. The second kappa shape index (κ2) is 5.66. The van der Waals surface area contributed by atoms with E-state index >= 15 is 0 Å². The Labute approximate surface area is 114 Å². The summed E-state index contributed by atoms with van der Waals surface area (Å²) < 4.78 is 2.03. The third-order valence-electron chi connectivity index (χ3n) is 4.06. The molecule has 1 aromatic heterocycles. The van der Waals surface area contributed by atoms with Gasteiger partial charge < -0.3 is 5.11 Å². The molecule has 0 aliphatic carbocycles. The first kappa shape index (κ1) is 13.9. The molecule has 3 unspecified atom stereocenters. The number of nitrogens with zero attached hydrogens (tertiary/aromatic N) is 2. The fourth-order valence-electron chi connectivity index (χ4n) is 2.40. The Balaban J connectivity index is 1.98. The van der Waals surface area contributed by atoms with Gasteiger partial charge in [0.1, 0.15) is 0 Å². The van der Waals surface area contributed by atoms with Gasteiger partial charge in [-0.25, -0.2) is 0 Å². The van der Waals surface area contributed by atoms with E-state index in [4.69, 9.17) is 0 Å². The van der Waals surface area contributed by atoms with Crippen LogP contribution in [-0.4, -0.2) is 31.5 Å². The third kappa shape index (κ3) is 2.91. The van der Waals surface area contributed by atoms with Crippen LogP contribution >= 0.6 is 11.8 Å². The van der Waals surface area contributed by atoms with Gasteiger partial charge in [0.05, 0.1) is 11.8 Å². The Hall–Kier alpha value is -0.480. The zero-order valence-electron chi connectivity index (χ0n) is 11.6. The molecular formula is C14H24N2OS. The largest absolute Gasteiger partial charge is 0.391 e. The molecule has 0 amide bonds. The van der Waals surface area contributed by atoms with Crippen LogP contribution in [0, 0.1) is 0 Å². The minimum absolute atomic E-state index is 0.0279. The van der Waals surface area contributed by atoms with E-state index in [1.807, 2.05) is 28.7 Å². The summed E-state index contributed by atoms with van der Waals surface area (Å²) in [5.41, 5.74) is 1.01. The number of hydrogen-bond acceptors (Lipinski definition) is 3. The van der Waals surface area contributed by atoms with E-state index in [-0.39, 0.29) is 10.9 Å². The Morgan fingerprint density at radius 2 is 2.39 bits per heavy atom. The van der Waals surface area contributed by atoms with Crippen LogP contribution in [0.3, 0.4) is 0 Å². The molecule has 0 spiro atoms. The van der Waals surface area contributed by atoms with Crippen LogP contribution in [0.4, 0.5) is 0 Å². The lowest BCUT2D eigenvalue weighted by Gasteiger charge is -2.28. The molecule has 3 nitrogen and oxygen atoms in total. The van der Waals surface area contributed by atoms with Gasteiger partial charge in [0.15, 0.2) is 0 Å². The average Bonchev–Trinajstić information content (AvgIpc) is 2.98. The van der Waals surface area contributed by atoms with Crippen LogP contribution in [0.25, 0.3) is 0 Å². The monoisotopic (exact) mass is 268 g/mol. The minimum atomic E-state index is -0.287. The van der Waals surface area contributed by atoms with Gasteiger partial charge in [-0.3, -0.25) is 4.68 Å². The molecule has 4 heteroatoms. The second-order valence-corrected chi connectivity index (χ2v) is 7.16. The smallest absolute Gasteiger partial charge is 0.0740 e. The van der Waals surface area contributed by atoms with Gasteiger partial charge >= 0.3 is 0 Å².